The molecule has 8 nitrogen and oxygen atoms in total. The minimum Gasteiger partial charge on any atom is -0.502 e. The van der Waals surface area contributed by atoms with Crippen LogP contribution in [-0.2, 0) is 16.0 Å². The molecule has 110 valence electrons. The van der Waals surface area contributed by atoms with Gasteiger partial charge in [0.2, 0.25) is 11.7 Å². The first-order valence-electron chi connectivity index (χ1n) is 5.66. The number of aromatic hydroxyl groups is 1. The third-order valence-electron chi connectivity index (χ3n) is 2.52. The minimum absolute atomic E-state index is 0.0978. The lowest BCUT2D eigenvalue weighted by Crippen LogP contribution is -2.36. The van der Waals surface area contributed by atoms with Crippen molar-refractivity contribution in [3.05, 3.63) is 17.7 Å². The molecule has 8 heteroatoms. The van der Waals surface area contributed by atoms with Crippen LogP contribution >= 0.6 is 0 Å². The fourth-order valence-electron chi connectivity index (χ4n) is 1.58. The molecule has 0 aromatic heterocycles. The van der Waals surface area contributed by atoms with Gasteiger partial charge in [0.15, 0.2) is 11.5 Å². The Balaban J connectivity index is 2.79. The van der Waals surface area contributed by atoms with Gasteiger partial charge in [0.05, 0.1) is 27.2 Å². The smallest absolute Gasteiger partial charge is 0.262 e. The van der Waals surface area contributed by atoms with Crippen LogP contribution in [0.15, 0.2) is 12.1 Å². The Kier molecular flexibility index (Phi) is 5.60. The van der Waals surface area contributed by atoms with E-state index in [1.165, 1.54) is 25.8 Å². The summed E-state index contributed by atoms with van der Waals surface area (Å²) in [5.74, 6) is -1.04. The van der Waals surface area contributed by atoms with Gasteiger partial charge in [-0.3, -0.25) is 14.8 Å². The minimum atomic E-state index is -0.733. The Morgan fingerprint density at radius 1 is 1.20 bits per heavy atom. The SMILES string of the molecule is COc1ccc(CC(=O)NCC(=O)NO)c(OC)c1O. The lowest BCUT2D eigenvalue weighted by Gasteiger charge is -2.12. The van der Waals surface area contributed by atoms with Crippen LogP contribution in [0.5, 0.6) is 17.2 Å². The van der Waals surface area contributed by atoms with Crippen LogP contribution in [0.1, 0.15) is 5.56 Å². The summed E-state index contributed by atoms with van der Waals surface area (Å²) in [7, 11) is 2.75. The van der Waals surface area contributed by atoms with E-state index in [1.807, 2.05) is 0 Å². The zero-order valence-electron chi connectivity index (χ0n) is 11.1. The Morgan fingerprint density at radius 3 is 2.45 bits per heavy atom. The number of nitrogens with one attached hydrogen (secondary N) is 2. The quantitative estimate of drug-likeness (QED) is 0.416. The Morgan fingerprint density at radius 2 is 1.90 bits per heavy atom. The molecular weight excluding hydrogens is 268 g/mol. The Bertz CT molecular complexity index is 503. The number of ether oxygens (including phenoxy) is 2. The monoisotopic (exact) mass is 284 g/mol. The maximum atomic E-state index is 11.6. The third kappa shape index (κ3) is 3.75. The first-order valence-corrected chi connectivity index (χ1v) is 5.66. The Hall–Kier alpha value is -2.48. The highest BCUT2D eigenvalue weighted by molar-refractivity contribution is 5.85. The van der Waals surface area contributed by atoms with Crippen molar-refractivity contribution < 1.29 is 29.4 Å². The van der Waals surface area contributed by atoms with Gasteiger partial charge < -0.3 is 19.9 Å². The molecule has 0 saturated carbocycles. The number of methoxy groups -OCH3 is 2. The summed E-state index contributed by atoms with van der Waals surface area (Å²) in [5, 5.41) is 20.5. The molecule has 0 aliphatic carbocycles. The van der Waals surface area contributed by atoms with Gasteiger partial charge in [0.1, 0.15) is 0 Å². The fraction of sp³-hybridized carbons (Fsp3) is 0.333. The summed E-state index contributed by atoms with van der Waals surface area (Å²) in [6, 6.07) is 3.07. The van der Waals surface area contributed by atoms with Gasteiger partial charge in [-0.05, 0) is 6.07 Å². The molecule has 1 aromatic carbocycles. The van der Waals surface area contributed by atoms with Crippen molar-refractivity contribution in [1.82, 2.24) is 10.8 Å². The molecule has 0 fully saturated rings. The van der Waals surface area contributed by atoms with Crippen molar-refractivity contribution in [3.8, 4) is 17.2 Å². The molecule has 0 radical (unpaired) electrons. The molecule has 2 amide bonds. The number of rotatable bonds is 6. The number of hydrogen-bond donors (Lipinski definition) is 4. The molecule has 0 aliphatic rings. The van der Waals surface area contributed by atoms with E-state index >= 15 is 0 Å². The van der Waals surface area contributed by atoms with Crippen LogP contribution < -0.4 is 20.3 Å². The predicted molar refractivity (Wildman–Crippen MR) is 67.9 cm³/mol. The number of phenolic OH excluding ortho intramolecular Hbond substituents is 1. The fourth-order valence-corrected chi connectivity index (χ4v) is 1.58. The first-order chi connectivity index (χ1) is 9.53. The second kappa shape index (κ2) is 7.19. The first kappa shape index (κ1) is 15.6. The zero-order chi connectivity index (χ0) is 15.1. The van der Waals surface area contributed by atoms with Crippen LogP contribution in [0.4, 0.5) is 0 Å². The molecule has 4 N–H and O–H groups in total. The topological polar surface area (TPSA) is 117 Å². The Labute approximate surface area is 115 Å². The van der Waals surface area contributed by atoms with Crippen LogP contribution in [0.3, 0.4) is 0 Å². The molecule has 0 spiro atoms. The molecule has 20 heavy (non-hydrogen) atoms. The number of hydroxylamine groups is 1. The van der Waals surface area contributed by atoms with Gasteiger partial charge >= 0.3 is 0 Å². The maximum Gasteiger partial charge on any atom is 0.262 e. The molecule has 1 aromatic rings. The van der Waals surface area contributed by atoms with Crippen molar-refractivity contribution in [2.45, 2.75) is 6.42 Å². The lowest BCUT2D eigenvalue weighted by atomic mass is 10.1. The number of phenols is 1. The van der Waals surface area contributed by atoms with Gasteiger partial charge in [-0.25, -0.2) is 5.48 Å². The van der Waals surface area contributed by atoms with Gasteiger partial charge in [0.25, 0.3) is 5.91 Å². The van der Waals surface area contributed by atoms with Gasteiger partial charge in [-0.15, -0.1) is 0 Å². The molecule has 0 bridgehead atoms. The summed E-state index contributed by atoms with van der Waals surface area (Å²) in [6.45, 7) is -0.347. The number of hydrogen-bond acceptors (Lipinski definition) is 6. The van der Waals surface area contributed by atoms with Crippen molar-refractivity contribution in [1.29, 1.82) is 0 Å². The van der Waals surface area contributed by atoms with E-state index in [0.29, 0.717) is 5.56 Å². The van der Waals surface area contributed by atoms with Crippen molar-refractivity contribution in [2.24, 2.45) is 0 Å². The molecule has 1 rings (SSSR count). The number of carbonyl (C=O) groups is 2. The molecule has 0 unspecified atom stereocenters. The highest BCUT2D eigenvalue weighted by atomic mass is 16.5. The molecule has 0 saturated heterocycles. The number of amides is 2. The molecule has 0 heterocycles. The summed E-state index contributed by atoms with van der Waals surface area (Å²) in [6.07, 6.45) is -0.0978. The normalized spacial score (nSPS) is 9.75. The van der Waals surface area contributed by atoms with E-state index in [1.54, 1.807) is 6.07 Å². The van der Waals surface area contributed by atoms with E-state index in [-0.39, 0.29) is 30.2 Å². The largest absolute Gasteiger partial charge is 0.502 e. The van der Waals surface area contributed by atoms with E-state index < -0.39 is 11.8 Å². The second-order valence-corrected chi connectivity index (χ2v) is 3.80. The molecule has 0 aliphatic heterocycles. The van der Waals surface area contributed by atoms with E-state index in [9.17, 15) is 14.7 Å². The van der Waals surface area contributed by atoms with E-state index in [0.717, 1.165) is 0 Å². The zero-order valence-corrected chi connectivity index (χ0v) is 11.1. The van der Waals surface area contributed by atoms with Crippen molar-refractivity contribution in [2.75, 3.05) is 20.8 Å². The third-order valence-corrected chi connectivity index (χ3v) is 2.52. The summed E-state index contributed by atoms with van der Waals surface area (Å²) >= 11 is 0. The van der Waals surface area contributed by atoms with Crippen LogP contribution in [-0.4, -0.2) is 42.9 Å². The number of carbonyl (C=O) groups excluding carboxylic acids is 2. The standard InChI is InChI=1S/C12H16N2O6/c1-19-8-4-3-7(12(20-2)11(8)17)5-9(15)13-6-10(16)14-18/h3-4,17-18H,5-6H2,1-2H3,(H,13,15)(H,14,16). The lowest BCUT2D eigenvalue weighted by molar-refractivity contribution is -0.131. The second-order valence-electron chi connectivity index (χ2n) is 3.80. The summed E-state index contributed by atoms with van der Waals surface area (Å²) in [4.78, 5) is 22.4. The van der Waals surface area contributed by atoms with Crippen LogP contribution in [0.2, 0.25) is 0 Å². The maximum absolute atomic E-state index is 11.6. The summed E-state index contributed by atoms with van der Waals surface area (Å²) < 4.78 is 9.97. The van der Waals surface area contributed by atoms with Gasteiger partial charge in [0, 0.05) is 5.56 Å². The van der Waals surface area contributed by atoms with E-state index in [2.05, 4.69) is 5.32 Å². The average Bonchev–Trinajstić information content (AvgIpc) is 2.45. The van der Waals surface area contributed by atoms with Crippen LogP contribution in [0.25, 0.3) is 0 Å². The highest BCUT2D eigenvalue weighted by Crippen LogP contribution is 2.38. The van der Waals surface area contributed by atoms with Crippen LogP contribution in [0, 0.1) is 0 Å². The van der Waals surface area contributed by atoms with Gasteiger partial charge in [-0.2, -0.15) is 0 Å². The molecule has 0 atom stereocenters. The van der Waals surface area contributed by atoms with Crippen molar-refractivity contribution >= 4 is 11.8 Å². The molecular formula is C12H16N2O6. The number of benzene rings is 1. The van der Waals surface area contributed by atoms with E-state index in [4.69, 9.17) is 14.7 Å². The van der Waals surface area contributed by atoms with Gasteiger partial charge in [-0.1, -0.05) is 6.07 Å². The predicted octanol–water partition coefficient (Wildman–Crippen LogP) is -0.426. The van der Waals surface area contributed by atoms with Crippen molar-refractivity contribution in [3.63, 3.8) is 0 Å². The summed E-state index contributed by atoms with van der Waals surface area (Å²) in [5.41, 5.74) is 1.83. The highest BCUT2D eigenvalue weighted by Gasteiger charge is 2.16. The average molecular weight is 284 g/mol.